The number of nitrogens with two attached hydrogens (primary N) is 1. The summed E-state index contributed by atoms with van der Waals surface area (Å²) in [6.07, 6.45) is 0. The zero-order valence-corrected chi connectivity index (χ0v) is 12.0. The second-order valence-corrected chi connectivity index (χ2v) is 5.14. The maximum absolute atomic E-state index is 13.2. The third-order valence-corrected chi connectivity index (χ3v) is 3.70. The largest absolute Gasteiger partial charge is 0.319 e. The number of halogens is 3. The molecule has 2 N–H and O–H groups in total. The summed E-state index contributed by atoms with van der Waals surface area (Å²) in [4.78, 5) is 0. The molecule has 0 bridgehead atoms. The van der Waals surface area contributed by atoms with E-state index in [4.69, 9.17) is 5.73 Å². The molecule has 90 valence electrons. The summed E-state index contributed by atoms with van der Waals surface area (Å²) in [6, 6.07) is 3.89. The van der Waals surface area contributed by atoms with Gasteiger partial charge in [0.2, 0.25) is 0 Å². The summed E-state index contributed by atoms with van der Waals surface area (Å²) in [5, 5.41) is 7.70. The highest BCUT2D eigenvalue weighted by molar-refractivity contribution is 9.10. The van der Waals surface area contributed by atoms with Crippen LogP contribution in [0.2, 0.25) is 0 Å². The predicted molar refractivity (Wildman–Crippen MR) is 68.8 cm³/mol. The lowest BCUT2D eigenvalue weighted by atomic mass is 10.1. The number of rotatable bonds is 2. The molecule has 1 atom stereocenters. The van der Waals surface area contributed by atoms with Crippen molar-refractivity contribution in [3.63, 3.8) is 0 Å². The average molecular weight is 364 g/mol. The van der Waals surface area contributed by atoms with Gasteiger partial charge >= 0.3 is 0 Å². The van der Waals surface area contributed by atoms with Crippen LogP contribution in [0.15, 0.2) is 27.3 Å². The van der Waals surface area contributed by atoms with E-state index in [0.29, 0.717) is 15.9 Å². The summed E-state index contributed by atoms with van der Waals surface area (Å²) in [5.74, 6) is -0.329. The number of hydrogen-bond donors (Lipinski definition) is 1. The Morgan fingerprint density at radius 1 is 1.41 bits per heavy atom. The van der Waals surface area contributed by atoms with Crippen LogP contribution >= 0.6 is 31.9 Å². The summed E-state index contributed by atoms with van der Waals surface area (Å²) >= 11 is 6.63. The van der Waals surface area contributed by atoms with E-state index in [9.17, 15) is 4.39 Å². The summed E-state index contributed by atoms with van der Waals surface area (Å²) in [6.45, 7) is 0. The van der Waals surface area contributed by atoms with Crippen LogP contribution in [0.1, 0.15) is 17.3 Å². The highest BCUT2D eigenvalue weighted by atomic mass is 79.9. The van der Waals surface area contributed by atoms with Crippen molar-refractivity contribution in [1.29, 1.82) is 0 Å². The second-order valence-electron chi connectivity index (χ2n) is 3.53. The van der Waals surface area contributed by atoms with Crippen LogP contribution in [0.25, 0.3) is 0 Å². The summed E-state index contributed by atoms with van der Waals surface area (Å²) in [7, 11) is 1.74. The normalized spacial score (nSPS) is 12.8. The fourth-order valence-electron chi connectivity index (χ4n) is 1.57. The maximum Gasteiger partial charge on any atom is 0.153 e. The first-order valence-corrected chi connectivity index (χ1v) is 6.35. The van der Waals surface area contributed by atoms with E-state index < -0.39 is 6.04 Å². The topological polar surface area (TPSA) is 56.7 Å². The van der Waals surface area contributed by atoms with Gasteiger partial charge in [0.05, 0.1) is 11.7 Å². The Bertz CT molecular complexity index is 536. The fraction of sp³-hybridized carbons (Fsp3) is 0.200. The quantitative estimate of drug-likeness (QED) is 0.891. The van der Waals surface area contributed by atoms with Crippen molar-refractivity contribution >= 4 is 31.9 Å². The molecule has 0 saturated carbocycles. The molecule has 0 spiro atoms. The fourth-order valence-corrected chi connectivity index (χ4v) is 2.64. The highest BCUT2D eigenvalue weighted by Gasteiger charge is 2.20. The van der Waals surface area contributed by atoms with Crippen molar-refractivity contribution in [2.24, 2.45) is 12.8 Å². The lowest BCUT2D eigenvalue weighted by Crippen LogP contribution is -2.17. The Hall–Kier alpha value is -0.790. The van der Waals surface area contributed by atoms with Gasteiger partial charge in [0.1, 0.15) is 5.82 Å². The zero-order valence-electron chi connectivity index (χ0n) is 8.86. The second kappa shape index (κ2) is 4.83. The zero-order chi connectivity index (χ0) is 12.6. The van der Waals surface area contributed by atoms with Gasteiger partial charge in [0, 0.05) is 11.5 Å². The molecule has 1 aromatic heterocycles. The molecule has 0 saturated heterocycles. The van der Waals surface area contributed by atoms with Crippen LogP contribution in [0.3, 0.4) is 0 Å². The molecule has 7 heteroatoms. The number of nitrogens with zero attached hydrogens (tertiary/aromatic N) is 3. The van der Waals surface area contributed by atoms with Crippen LogP contribution in [-0.2, 0) is 7.05 Å². The van der Waals surface area contributed by atoms with Gasteiger partial charge in [-0.15, -0.1) is 5.10 Å². The number of benzene rings is 1. The molecule has 1 aromatic carbocycles. The Balaban J connectivity index is 2.50. The first kappa shape index (κ1) is 12.7. The SMILES string of the molecule is Cn1nnc(Br)c1C(N)c1cc(F)ccc1Br. The van der Waals surface area contributed by atoms with Crippen LogP contribution in [0, 0.1) is 5.82 Å². The summed E-state index contributed by atoms with van der Waals surface area (Å²) in [5.41, 5.74) is 7.44. The van der Waals surface area contributed by atoms with E-state index in [-0.39, 0.29) is 5.82 Å². The van der Waals surface area contributed by atoms with Gasteiger partial charge in [-0.25, -0.2) is 9.07 Å². The molecule has 1 unspecified atom stereocenters. The van der Waals surface area contributed by atoms with Crippen LogP contribution in [-0.4, -0.2) is 15.0 Å². The molecule has 0 amide bonds. The Morgan fingerprint density at radius 2 is 2.12 bits per heavy atom. The van der Waals surface area contributed by atoms with E-state index in [0.717, 1.165) is 4.47 Å². The Morgan fingerprint density at radius 3 is 2.71 bits per heavy atom. The van der Waals surface area contributed by atoms with Crippen molar-refractivity contribution in [1.82, 2.24) is 15.0 Å². The smallest absolute Gasteiger partial charge is 0.153 e. The van der Waals surface area contributed by atoms with E-state index in [1.54, 1.807) is 17.8 Å². The van der Waals surface area contributed by atoms with Gasteiger partial charge in [0.15, 0.2) is 4.60 Å². The molecule has 2 aromatic rings. The molecule has 0 aliphatic rings. The third kappa shape index (κ3) is 2.41. The lowest BCUT2D eigenvalue weighted by molar-refractivity contribution is 0.616. The number of aryl methyl sites for hydroxylation is 1. The van der Waals surface area contributed by atoms with Gasteiger partial charge in [0.25, 0.3) is 0 Å². The Labute approximate surface area is 114 Å². The molecule has 0 aliphatic heterocycles. The van der Waals surface area contributed by atoms with Crippen molar-refractivity contribution in [3.8, 4) is 0 Å². The minimum atomic E-state index is -0.505. The van der Waals surface area contributed by atoms with E-state index in [1.165, 1.54) is 12.1 Å². The van der Waals surface area contributed by atoms with E-state index in [2.05, 4.69) is 42.2 Å². The average Bonchev–Trinajstić information content (AvgIpc) is 2.61. The van der Waals surface area contributed by atoms with Gasteiger partial charge < -0.3 is 5.73 Å². The monoisotopic (exact) mass is 362 g/mol. The van der Waals surface area contributed by atoms with E-state index >= 15 is 0 Å². The highest BCUT2D eigenvalue weighted by Crippen LogP contribution is 2.30. The van der Waals surface area contributed by atoms with Gasteiger partial charge in [-0.05, 0) is 39.7 Å². The number of hydrogen-bond acceptors (Lipinski definition) is 3. The standard InChI is InChI=1S/C10H9Br2FN4/c1-17-9(10(12)15-16-17)8(14)6-4-5(13)2-3-7(6)11/h2-4,8H,14H2,1H3. The Kier molecular flexibility index (Phi) is 3.60. The molecule has 1 heterocycles. The first-order chi connectivity index (χ1) is 8.00. The van der Waals surface area contributed by atoms with Crippen molar-refractivity contribution in [2.45, 2.75) is 6.04 Å². The molecular weight excluding hydrogens is 355 g/mol. The first-order valence-electron chi connectivity index (χ1n) is 4.76. The molecule has 0 fully saturated rings. The maximum atomic E-state index is 13.2. The number of aromatic nitrogens is 3. The third-order valence-electron chi connectivity index (χ3n) is 2.41. The molecule has 0 aliphatic carbocycles. The van der Waals surface area contributed by atoms with Crippen molar-refractivity contribution in [2.75, 3.05) is 0 Å². The van der Waals surface area contributed by atoms with E-state index in [1.807, 2.05) is 0 Å². The van der Waals surface area contributed by atoms with Crippen molar-refractivity contribution in [3.05, 3.63) is 44.3 Å². The molecule has 0 radical (unpaired) electrons. The van der Waals surface area contributed by atoms with Gasteiger partial charge in [-0.3, -0.25) is 0 Å². The van der Waals surface area contributed by atoms with Gasteiger partial charge in [-0.2, -0.15) is 0 Å². The predicted octanol–water partition coefficient (Wildman–Crippen LogP) is 2.53. The molecule has 17 heavy (non-hydrogen) atoms. The molecule has 4 nitrogen and oxygen atoms in total. The minimum absolute atomic E-state index is 0.329. The van der Waals surface area contributed by atoms with Crippen LogP contribution in [0.5, 0.6) is 0 Å². The van der Waals surface area contributed by atoms with Crippen molar-refractivity contribution < 1.29 is 4.39 Å². The molecular formula is C10H9Br2FN4. The lowest BCUT2D eigenvalue weighted by Gasteiger charge is -2.14. The van der Waals surface area contributed by atoms with Gasteiger partial charge in [-0.1, -0.05) is 21.1 Å². The van der Waals surface area contributed by atoms with Crippen LogP contribution in [0.4, 0.5) is 4.39 Å². The minimum Gasteiger partial charge on any atom is -0.319 e. The summed E-state index contributed by atoms with van der Waals surface area (Å²) < 4.78 is 16.1. The van der Waals surface area contributed by atoms with Crippen LogP contribution < -0.4 is 5.73 Å². The molecule has 2 rings (SSSR count).